The van der Waals surface area contributed by atoms with Crippen LogP contribution in [0.15, 0.2) is 44.4 Å². The van der Waals surface area contributed by atoms with Gasteiger partial charge in [-0.2, -0.15) is 0 Å². The number of halogens is 1. The fourth-order valence-electron chi connectivity index (χ4n) is 2.34. The highest BCUT2D eigenvalue weighted by Gasteiger charge is 2.39. The molecule has 0 spiro atoms. The predicted molar refractivity (Wildman–Crippen MR) is 86.3 cm³/mol. The van der Waals surface area contributed by atoms with Gasteiger partial charge < -0.3 is 5.32 Å². The number of carbonyl (C=O) groups excluding carboxylic acids is 2. The second-order valence-electron chi connectivity index (χ2n) is 4.95. The summed E-state index contributed by atoms with van der Waals surface area (Å²) < 4.78 is 0.830. The van der Waals surface area contributed by atoms with Crippen molar-refractivity contribution in [1.29, 1.82) is 0 Å². The highest BCUT2D eigenvalue weighted by molar-refractivity contribution is 9.10. The number of hydrogen-bond acceptors (Lipinski definition) is 5. The van der Waals surface area contributed by atoms with E-state index in [1.165, 1.54) is 0 Å². The molecule has 8 nitrogen and oxygen atoms in total. The largest absolute Gasteiger partial charge is 0.359 e. The molecule has 1 aromatic carbocycles. The third kappa shape index (κ3) is 3.09. The molecule has 2 heterocycles. The first-order valence-corrected chi connectivity index (χ1v) is 7.46. The van der Waals surface area contributed by atoms with E-state index in [4.69, 9.17) is 0 Å². The number of hydrogen-bond donors (Lipinski definition) is 3. The molecule has 2 aromatic rings. The molecule has 9 heteroatoms. The van der Waals surface area contributed by atoms with Crippen LogP contribution in [0.4, 0.5) is 11.5 Å². The van der Waals surface area contributed by atoms with Gasteiger partial charge in [-0.25, -0.2) is 9.69 Å². The van der Waals surface area contributed by atoms with Gasteiger partial charge >= 0.3 is 5.69 Å². The maximum Gasteiger partial charge on any atom is 0.327 e. The van der Waals surface area contributed by atoms with Gasteiger partial charge in [0.25, 0.3) is 11.5 Å². The molecule has 3 rings (SSSR count). The summed E-state index contributed by atoms with van der Waals surface area (Å²) in [6, 6.07) is 7.02. The molecule has 1 aromatic heterocycles. The van der Waals surface area contributed by atoms with Gasteiger partial charge in [0.1, 0.15) is 11.9 Å². The Morgan fingerprint density at radius 2 is 1.78 bits per heavy atom. The summed E-state index contributed by atoms with van der Waals surface area (Å²) >= 11 is 3.29. The Kier molecular flexibility index (Phi) is 3.87. The lowest BCUT2D eigenvalue weighted by atomic mass is 10.2. The minimum Gasteiger partial charge on any atom is -0.359 e. The van der Waals surface area contributed by atoms with E-state index in [-0.39, 0.29) is 18.1 Å². The van der Waals surface area contributed by atoms with Gasteiger partial charge in [-0.05, 0) is 24.3 Å². The molecule has 0 aliphatic carbocycles. The van der Waals surface area contributed by atoms with Gasteiger partial charge in [-0.15, -0.1) is 0 Å². The van der Waals surface area contributed by atoms with Gasteiger partial charge in [0.2, 0.25) is 5.91 Å². The average Bonchev–Trinajstić information content (AvgIpc) is 2.74. The molecule has 0 bridgehead atoms. The van der Waals surface area contributed by atoms with Gasteiger partial charge in [-0.3, -0.25) is 24.4 Å². The van der Waals surface area contributed by atoms with Gasteiger partial charge in [0.15, 0.2) is 0 Å². The molecule has 118 valence electrons. The lowest BCUT2D eigenvalue weighted by Crippen LogP contribution is -2.35. The molecule has 0 radical (unpaired) electrons. The van der Waals surface area contributed by atoms with Crippen LogP contribution in [-0.2, 0) is 9.59 Å². The van der Waals surface area contributed by atoms with Crippen LogP contribution < -0.4 is 21.5 Å². The monoisotopic (exact) mass is 378 g/mol. The topological polar surface area (TPSA) is 115 Å². The van der Waals surface area contributed by atoms with Crippen LogP contribution in [0.2, 0.25) is 0 Å². The van der Waals surface area contributed by atoms with E-state index in [0.29, 0.717) is 5.69 Å². The Hall–Kier alpha value is -2.68. The van der Waals surface area contributed by atoms with Crippen LogP contribution in [0.5, 0.6) is 0 Å². The number of aromatic amines is 2. The third-order valence-electron chi connectivity index (χ3n) is 3.32. The smallest absolute Gasteiger partial charge is 0.327 e. The zero-order valence-electron chi connectivity index (χ0n) is 11.6. The second-order valence-corrected chi connectivity index (χ2v) is 5.86. The normalized spacial score (nSPS) is 17.6. The van der Waals surface area contributed by atoms with Crippen molar-refractivity contribution < 1.29 is 9.59 Å². The summed E-state index contributed by atoms with van der Waals surface area (Å²) in [5, 5.41) is 2.72. The van der Waals surface area contributed by atoms with Crippen molar-refractivity contribution in [3.8, 4) is 0 Å². The van der Waals surface area contributed by atoms with Crippen molar-refractivity contribution in [3.05, 3.63) is 55.6 Å². The number of benzene rings is 1. The number of rotatable bonds is 3. The molecule has 2 amide bonds. The molecular weight excluding hydrogens is 368 g/mol. The maximum absolute atomic E-state index is 12.4. The van der Waals surface area contributed by atoms with Crippen LogP contribution in [-0.4, -0.2) is 27.8 Å². The summed E-state index contributed by atoms with van der Waals surface area (Å²) in [5.74, 6) is -0.719. The summed E-state index contributed by atoms with van der Waals surface area (Å²) in [6.07, 6.45) is -0.0657. The van der Waals surface area contributed by atoms with Gasteiger partial charge in [-0.1, -0.05) is 15.9 Å². The van der Waals surface area contributed by atoms with E-state index in [0.717, 1.165) is 15.4 Å². The lowest BCUT2D eigenvalue weighted by Gasteiger charge is -2.15. The van der Waals surface area contributed by atoms with E-state index >= 15 is 0 Å². The number of anilines is 2. The maximum atomic E-state index is 12.4. The first-order valence-electron chi connectivity index (χ1n) is 6.66. The van der Waals surface area contributed by atoms with E-state index in [1.54, 1.807) is 24.3 Å². The number of imide groups is 1. The van der Waals surface area contributed by atoms with E-state index in [9.17, 15) is 19.2 Å². The zero-order valence-corrected chi connectivity index (χ0v) is 13.2. The van der Waals surface area contributed by atoms with Crippen LogP contribution in [0, 0.1) is 0 Å². The highest BCUT2D eigenvalue weighted by atomic mass is 79.9. The Balaban J connectivity index is 1.85. The quantitative estimate of drug-likeness (QED) is 0.675. The van der Waals surface area contributed by atoms with Crippen molar-refractivity contribution in [2.75, 3.05) is 10.2 Å². The number of H-pyrrole nitrogens is 2. The minimum atomic E-state index is -0.844. The molecule has 1 atom stereocenters. The molecule has 0 saturated carbocycles. The Labute approximate surface area is 137 Å². The lowest BCUT2D eigenvalue weighted by molar-refractivity contribution is -0.121. The van der Waals surface area contributed by atoms with Crippen molar-refractivity contribution >= 4 is 39.2 Å². The zero-order chi connectivity index (χ0) is 16.6. The summed E-state index contributed by atoms with van der Waals surface area (Å²) in [7, 11) is 0. The molecule has 1 unspecified atom stereocenters. The number of nitrogens with zero attached hydrogens (tertiary/aromatic N) is 1. The second kappa shape index (κ2) is 5.84. The van der Waals surface area contributed by atoms with Crippen LogP contribution in [0.3, 0.4) is 0 Å². The Bertz CT molecular complexity index is 858. The third-order valence-corrected chi connectivity index (χ3v) is 3.85. The van der Waals surface area contributed by atoms with Crippen molar-refractivity contribution in [2.45, 2.75) is 12.5 Å². The first-order chi connectivity index (χ1) is 10.9. The summed E-state index contributed by atoms with van der Waals surface area (Å²) in [5.41, 5.74) is -0.828. The minimum absolute atomic E-state index is 0.0657. The first kappa shape index (κ1) is 15.2. The predicted octanol–water partition coefficient (Wildman–Crippen LogP) is 0.570. The van der Waals surface area contributed by atoms with Crippen molar-refractivity contribution in [1.82, 2.24) is 9.97 Å². The molecule has 3 N–H and O–H groups in total. The number of aromatic nitrogens is 2. The average molecular weight is 379 g/mol. The molecule has 23 heavy (non-hydrogen) atoms. The van der Waals surface area contributed by atoms with E-state index in [2.05, 4.69) is 26.2 Å². The molecule has 1 fully saturated rings. The number of nitrogens with one attached hydrogen (secondary N) is 3. The fourth-order valence-corrected chi connectivity index (χ4v) is 2.60. The van der Waals surface area contributed by atoms with Crippen LogP contribution >= 0.6 is 15.9 Å². The standard InChI is InChI=1S/C14H11BrN4O4/c15-7-1-3-8(4-2-7)19-12(21)5-9(13(19)22)16-10-6-11(20)18-14(23)17-10/h1-4,6,9H,5H2,(H3,16,17,18,20,23). The number of amides is 2. The SMILES string of the molecule is O=C1CC(Nc2cc(=O)[nH]c(=O)[nH]2)C(=O)N1c1ccc(Br)cc1. The molecule has 1 saturated heterocycles. The summed E-state index contributed by atoms with van der Waals surface area (Å²) in [6.45, 7) is 0. The Morgan fingerprint density at radius 1 is 1.09 bits per heavy atom. The van der Waals surface area contributed by atoms with E-state index in [1.807, 2.05) is 4.98 Å². The van der Waals surface area contributed by atoms with Crippen molar-refractivity contribution in [3.63, 3.8) is 0 Å². The van der Waals surface area contributed by atoms with Gasteiger partial charge in [0.05, 0.1) is 12.1 Å². The van der Waals surface area contributed by atoms with E-state index < -0.39 is 23.2 Å². The van der Waals surface area contributed by atoms with Crippen LogP contribution in [0.1, 0.15) is 6.42 Å². The highest BCUT2D eigenvalue weighted by Crippen LogP contribution is 2.25. The fraction of sp³-hybridized carbons (Fsp3) is 0.143. The molecular formula is C14H11BrN4O4. The molecule has 1 aliphatic rings. The van der Waals surface area contributed by atoms with Gasteiger partial charge in [0, 0.05) is 10.5 Å². The Morgan fingerprint density at radius 3 is 2.43 bits per heavy atom. The number of carbonyl (C=O) groups is 2. The molecule has 1 aliphatic heterocycles. The van der Waals surface area contributed by atoms with Crippen molar-refractivity contribution in [2.24, 2.45) is 0 Å². The van der Waals surface area contributed by atoms with Crippen LogP contribution in [0.25, 0.3) is 0 Å². The summed E-state index contributed by atoms with van der Waals surface area (Å²) in [4.78, 5) is 52.5.